The largest absolute Gasteiger partial charge is 0.356 e. The van der Waals surface area contributed by atoms with E-state index in [4.69, 9.17) is 0 Å². The van der Waals surface area contributed by atoms with E-state index >= 15 is 0 Å². The first-order valence-corrected chi connectivity index (χ1v) is 6.35. The average Bonchev–Trinajstić information content (AvgIpc) is 2.29. The van der Waals surface area contributed by atoms with Crippen molar-refractivity contribution in [2.24, 2.45) is 5.41 Å². The first kappa shape index (κ1) is 12.1. The zero-order valence-electron chi connectivity index (χ0n) is 10.9. The molecule has 1 aliphatic heterocycles. The van der Waals surface area contributed by atoms with Crippen molar-refractivity contribution in [1.29, 1.82) is 0 Å². The molecule has 4 nitrogen and oxygen atoms in total. The second-order valence-electron chi connectivity index (χ2n) is 5.34. The Bertz CT molecular complexity index is 444. The molecule has 0 unspecified atom stereocenters. The second kappa shape index (κ2) is 4.51. The van der Waals surface area contributed by atoms with Gasteiger partial charge in [0.15, 0.2) is 0 Å². The lowest BCUT2D eigenvalue weighted by molar-refractivity contribution is 0.237. The van der Waals surface area contributed by atoms with Gasteiger partial charge in [-0.15, -0.1) is 0 Å². The third-order valence-corrected chi connectivity index (χ3v) is 3.99. The SMILES string of the molecule is CCC1(C)CCN(c2cc(=O)[nH]c(C)n2)CC1. The van der Waals surface area contributed by atoms with Crippen LogP contribution in [0.15, 0.2) is 10.9 Å². The van der Waals surface area contributed by atoms with Crippen LogP contribution in [0.2, 0.25) is 0 Å². The Hall–Kier alpha value is -1.32. The van der Waals surface area contributed by atoms with Gasteiger partial charge in [-0.25, -0.2) is 4.98 Å². The van der Waals surface area contributed by atoms with Crippen molar-refractivity contribution in [3.8, 4) is 0 Å². The molecule has 1 aromatic heterocycles. The fraction of sp³-hybridized carbons (Fsp3) is 0.692. The molecule has 0 amide bonds. The van der Waals surface area contributed by atoms with Gasteiger partial charge in [0.1, 0.15) is 11.6 Å². The summed E-state index contributed by atoms with van der Waals surface area (Å²) in [6, 6.07) is 1.60. The highest BCUT2D eigenvalue weighted by molar-refractivity contribution is 5.38. The van der Waals surface area contributed by atoms with Gasteiger partial charge in [0.25, 0.3) is 5.56 Å². The van der Waals surface area contributed by atoms with E-state index in [-0.39, 0.29) is 5.56 Å². The molecule has 1 aliphatic rings. The van der Waals surface area contributed by atoms with Gasteiger partial charge >= 0.3 is 0 Å². The van der Waals surface area contributed by atoms with Crippen LogP contribution in [0, 0.1) is 12.3 Å². The molecule has 17 heavy (non-hydrogen) atoms. The van der Waals surface area contributed by atoms with E-state index in [1.807, 2.05) is 6.92 Å². The Balaban J connectivity index is 2.13. The predicted octanol–water partition coefficient (Wildman–Crippen LogP) is 2.09. The van der Waals surface area contributed by atoms with Gasteiger partial charge in [0.05, 0.1) is 0 Å². The van der Waals surface area contributed by atoms with E-state index in [1.165, 1.54) is 19.3 Å². The Labute approximate surface area is 102 Å². The third kappa shape index (κ3) is 2.68. The minimum Gasteiger partial charge on any atom is -0.356 e. The van der Waals surface area contributed by atoms with Crippen molar-refractivity contribution in [2.45, 2.75) is 40.0 Å². The van der Waals surface area contributed by atoms with Crippen LogP contribution in [0.5, 0.6) is 0 Å². The molecule has 0 aliphatic carbocycles. The van der Waals surface area contributed by atoms with E-state index in [2.05, 4.69) is 28.7 Å². The number of aromatic nitrogens is 2. The van der Waals surface area contributed by atoms with Gasteiger partial charge in [-0.3, -0.25) is 4.79 Å². The molecule has 0 radical (unpaired) electrons. The number of aromatic amines is 1. The fourth-order valence-corrected chi connectivity index (χ4v) is 2.35. The molecule has 2 rings (SSSR count). The summed E-state index contributed by atoms with van der Waals surface area (Å²) in [6.07, 6.45) is 3.58. The van der Waals surface area contributed by atoms with Crippen LogP contribution < -0.4 is 10.5 Å². The molecule has 1 fully saturated rings. The number of nitrogens with zero attached hydrogens (tertiary/aromatic N) is 2. The van der Waals surface area contributed by atoms with Crippen LogP contribution >= 0.6 is 0 Å². The standard InChI is InChI=1S/C13H21N3O/c1-4-13(3)5-7-16(8-6-13)11-9-12(17)15-10(2)14-11/h9H,4-8H2,1-3H3,(H,14,15,17). The van der Waals surface area contributed by atoms with E-state index < -0.39 is 0 Å². The first-order chi connectivity index (χ1) is 8.02. The number of hydrogen-bond donors (Lipinski definition) is 1. The normalized spacial score (nSPS) is 19.4. The highest BCUT2D eigenvalue weighted by atomic mass is 16.1. The van der Waals surface area contributed by atoms with Crippen LogP contribution in [0.3, 0.4) is 0 Å². The highest BCUT2D eigenvalue weighted by Crippen LogP contribution is 2.34. The topological polar surface area (TPSA) is 49.0 Å². The van der Waals surface area contributed by atoms with Crippen molar-refractivity contribution in [3.05, 3.63) is 22.2 Å². The Morgan fingerprint density at radius 1 is 1.47 bits per heavy atom. The maximum absolute atomic E-state index is 11.4. The lowest BCUT2D eigenvalue weighted by atomic mass is 9.78. The van der Waals surface area contributed by atoms with Crippen LogP contribution in [-0.4, -0.2) is 23.1 Å². The van der Waals surface area contributed by atoms with E-state index in [0.29, 0.717) is 11.2 Å². The Morgan fingerprint density at radius 2 is 2.12 bits per heavy atom. The van der Waals surface area contributed by atoms with E-state index in [0.717, 1.165) is 18.9 Å². The van der Waals surface area contributed by atoms with E-state index in [1.54, 1.807) is 6.07 Å². The molecule has 1 saturated heterocycles. The zero-order chi connectivity index (χ0) is 12.5. The van der Waals surface area contributed by atoms with Crippen LogP contribution in [0.25, 0.3) is 0 Å². The molecule has 0 bridgehead atoms. The van der Waals surface area contributed by atoms with Gasteiger partial charge < -0.3 is 9.88 Å². The molecule has 1 aromatic rings. The van der Waals surface area contributed by atoms with E-state index in [9.17, 15) is 4.79 Å². The Morgan fingerprint density at radius 3 is 2.65 bits per heavy atom. The fourth-order valence-electron chi connectivity index (χ4n) is 2.35. The third-order valence-electron chi connectivity index (χ3n) is 3.99. The number of anilines is 1. The number of nitrogens with one attached hydrogen (secondary N) is 1. The molecule has 0 aromatic carbocycles. The van der Waals surface area contributed by atoms with Gasteiger partial charge in [-0.05, 0) is 25.2 Å². The summed E-state index contributed by atoms with van der Waals surface area (Å²) in [4.78, 5) is 20.7. The highest BCUT2D eigenvalue weighted by Gasteiger charge is 2.28. The van der Waals surface area contributed by atoms with Gasteiger partial charge in [0, 0.05) is 19.2 Å². The summed E-state index contributed by atoms with van der Waals surface area (Å²) in [5.74, 6) is 1.51. The minimum atomic E-state index is -0.0590. The summed E-state index contributed by atoms with van der Waals surface area (Å²) in [5.41, 5.74) is 0.406. The number of hydrogen-bond acceptors (Lipinski definition) is 3. The Kier molecular flexibility index (Phi) is 3.22. The lowest BCUT2D eigenvalue weighted by Gasteiger charge is -2.39. The number of H-pyrrole nitrogens is 1. The molecule has 0 saturated carbocycles. The average molecular weight is 235 g/mol. The summed E-state index contributed by atoms with van der Waals surface area (Å²) in [7, 11) is 0. The molecular weight excluding hydrogens is 214 g/mol. The quantitative estimate of drug-likeness (QED) is 0.854. The summed E-state index contributed by atoms with van der Waals surface area (Å²) in [5, 5.41) is 0. The van der Waals surface area contributed by atoms with Crippen molar-refractivity contribution < 1.29 is 0 Å². The maximum Gasteiger partial charge on any atom is 0.252 e. The minimum absolute atomic E-state index is 0.0590. The maximum atomic E-state index is 11.4. The lowest BCUT2D eigenvalue weighted by Crippen LogP contribution is -2.39. The molecule has 0 spiro atoms. The zero-order valence-corrected chi connectivity index (χ0v) is 10.9. The van der Waals surface area contributed by atoms with Crippen LogP contribution in [0.4, 0.5) is 5.82 Å². The van der Waals surface area contributed by atoms with Crippen molar-refractivity contribution in [3.63, 3.8) is 0 Å². The summed E-state index contributed by atoms with van der Waals surface area (Å²) in [6.45, 7) is 8.43. The molecule has 94 valence electrons. The molecular formula is C13H21N3O. The van der Waals surface area contributed by atoms with Gasteiger partial charge in [-0.2, -0.15) is 0 Å². The molecule has 2 heterocycles. The first-order valence-electron chi connectivity index (χ1n) is 6.35. The van der Waals surface area contributed by atoms with Crippen LogP contribution in [-0.2, 0) is 0 Å². The smallest absolute Gasteiger partial charge is 0.252 e. The van der Waals surface area contributed by atoms with Crippen LogP contribution in [0.1, 0.15) is 38.9 Å². The van der Waals surface area contributed by atoms with Gasteiger partial charge in [-0.1, -0.05) is 20.3 Å². The van der Waals surface area contributed by atoms with Crippen molar-refractivity contribution in [1.82, 2.24) is 9.97 Å². The molecule has 0 atom stereocenters. The summed E-state index contributed by atoms with van der Waals surface area (Å²) < 4.78 is 0. The predicted molar refractivity (Wildman–Crippen MR) is 69.4 cm³/mol. The monoisotopic (exact) mass is 235 g/mol. The summed E-state index contributed by atoms with van der Waals surface area (Å²) >= 11 is 0. The number of aryl methyl sites for hydroxylation is 1. The van der Waals surface area contributed by atoms with Gasteiger partial charge in [0.2, 0.25) is 0 Å². The van der Waals surface area contributed by atoms with Crippen molar-refractivity contribution >= 4 is 5.82 Å². The second-order valence-corrected chi connectivity index (χ2v) is 5.34. The number of rotatable bonds is 2. The molecule has 4 heteroatoms. The number of piperidine rings is 1. The molecule has 1 N–H and O–H groups in total. The van der Waals surface area contributed by atoms with Crippen molar-refractivity contribution in [2.75, 3.05) is 18.0 Å².